The molecule has 0 fully saturated rings. The molecule has 2 aromatic carbocycles. The maximum atomic E-state index is 12.9. The van der Waals surface area contributed by atoms with Crippen molar-refractivity contribution in [2.24, 2.45) is 0 Å². The van der Waals surface area contributed by atoms with Crippen molar-refractivity contribution in [3.8, 4) is 23.0 Å². The molecule has 1 aromatic heterocycles. The number of carbonyl (C=O) groups excluding carboxylic acids is 1. The van der Waals surface area contributed by atoms with Crippen LogP contribution < -0.4 is 24.6 Å². The topological polar surface area (TPSA) is 93.4 Å². The Labute approximate surface area is 164 Å². The standard InChI is InChI=1S/C21H16O8/c1-24-13-7-10(8-14-18(13)27-9-26-14)15-16-17(29-19(15)21(23)25-2)11-5-3-4-6-12(11)28-20(16)22/h3-8,15,19H,9H2,1-2H3/t15-,19+/m1/s1. The maximum Gasteiger partial charge on any atom is 0.348 e. The maximum absolute atomic E-state index is 12.9. The summed E-state index contributed by atoms with van der Waals surface area (Å²) in [6.07, 6.45) is -1.06. The summed E-state index contributed by atoms with van der Waals surface area (Å²) in [6, 6.07) is 10.4. The van der Waals surface area contributed by atoms with Crippen molar-refractivity contribution in [2.75, 3.05) is 21.0 Å². The van der Waals surface area contributed by atoms with Crippen LogP contribution in [-0.2, 0) is 9.53 Å². The van der Waals surface area contributed by atoms with Gasteiger partial charge in [0.15, 0.2) is 11.5 Å². The lowest BCUT2D eigenvalue weighted by molar-refractivity contribution is -0.148. The molecule has 0 radical (unpaired) electrons. The number of para-hydroxylation sites is 1. The van der Waals surface area contributed by atoms with Crippen LogP contribution in [0, 0.1) is 0 Å². The van der Waals surface area contributed by atoms with E-state index in [1.54, 1.807) is 36.4 Å². The number of hydrogen-bond acceptors (Lipinski definition) is 8. The summed E-state index contributed by atoms with van der Waals surface area (Å²) >= 11 is 0. The van der Waals surface area contributed by atoms with E-state index < -0.39 is 23.6 Å². The molecule has 3 heterocycles. The third kappa shape index (κ3) is 2.52. The van der Waals surface area contributed by atoms with E-state index in [4.69, 9.17) is 28.1 Å². The van der Waals surface area contributed by atoms with Gasteiger partial charge in [-0.15, -0.1) is 0 Å². The Morgan fingerprint density at radius 2 is 1.93 bits per heavy atom. The van der Waals surface area contributed by atoms with Crippen LogP contribution in [0.25, 0.3) is 11.0 Å². The van der Waals surface area contributed by atoms with Gasteiger partial charge in [-0.25, -0.2) is 9.59 Å². The van der Waals surface area contributed by atoms with Gasteiger partial charge in [-0.05, 0) is 29.8 Å². The zero-order valence-corrected chi connectivity index (χ0v) is 15.6. The molecule has 0 spiro atoms. The van der Waals surface area contributed by atoms with Crippen molar-refractivity contribution in [1.82, 2.24) is 0 Å². The number of carbonyl (C=O) groups is 1. The number of methoxy groups -OCH3 is 2. The number of rotatable bonds is 3. The minimum Gasteiger partial charge on any atom is -0.493 e. The van der Waals surface area contributed by atoms with E-state index in [2.05, 4.69) is 0 Å². The molecule has 0 amide bonds. The largest absolute Gasteiger partial charge is 0.493 e. The minimum atomic E-state index is -1.06. The van der Waals surface area contributed by atoms with Crippen LogP contribution in [0.15, 0.2) is 45.6 Å². The van der Waals surface area contributed by atoms with E-state index >= 15 is 0 Å². The fraction of sp³-hybridized carbons (Fsp3) is 0.238. The number of fused-ring (bicyclic) bond motifs is 4. The second kappa shape index (κ2) is 6.44. The molecule has 0 bridgehead atoms. The van der Waals surface area contributed by atoms with Gasteiger partial charge in [0.25, 0.3) is 0 Å². The van der Waals surface area contributed by atoms with E-state index in [0.717, 1.165) is 0 Å². The molecule has 148 valence electrons. The van der Waals surface area contributed by atoms with E-state index in [0.29, 0.717) is 39.5 Å². The van der Waals surface area contributed by atoms with Crippen LogP contribution in [0.3, 0.4) is 0 Å². The Bertz CT molecular complexity index is 1200. The smallest absolute Gasteiger partial charge is 0.348 e. The highest BCUT2D eigenvalue weighted by molar-refractivity contribution is 5.88. The molecule has 0 unspecified atom stereocenters. The average Bonchev–Trinajstić information content (AvgIpc) is 3.37. The summed E-state index contributed by atoms with van der Waals surface area (Å²) < 4.78 is 32.7. The minimum absolute atomic E-state index is 0.0557. The molecule has 0 N–H and O–H groups in total. The van der Waals surface area contributed by atoms with Gasteiger partial charge in [-0.1, -0.05) is 12.1 Å². The molecule has 29 heavy (non-hydrogen) atoms. The number of benzene rings is 2. The van der Waals surface area contributed by atoms with Crippen molar-refractivity contribution >= 4 is 16.9 Å². The Morgan fingerprint density at radius 1 is 1.10 bits per heavy atom. The van der Waals surface area contributed by atoms with Gasteiger partial charge in [-0.3, -0.25) is 0 Å². The molecular weight excluding hydrogens is 380 g/mol. The first-order chi connectivity index (χ1) is 14.1. The summed E-state index contributed by atoms with van der Waals surface area (Å²) in [5.74, 6) is 0.302. The predicted octanol–water partition coefficient (Wildman–Crippen LogP) is 2.60. The molecule has 8 nitrogen and oxygen atoms in total. The highest BCUT2D eigenvalue weighted by Crippen LogP contribution is 2.49. The van der Waals surface area contributed by atoms with Gasteiger partial charge >= 0.3 is 11.6 Å². The highest BCUT2D eigenvalue weighted by atomic mass is 16.7. The molecule has 0 aliphatic carbocycles. The van der Waals surface area contributed by atoms with Gasteiger partial charge in [0.1, 0.15) is 11.3 Å². The van der Waals surface area contributed by atoms with Gasteiger partial charge < -0.3 is 28.1 Å². The van der Waals surface area contributed by atoms with E-state index in [9.17, 15) is 9.59 Å². The summed E-state index contributed by atoms with van der Waals surface area (Å²) in [7, 11) is 2.77. The fourth-order valence-corrected chi connectivity index (χ4v) is 3.85. The highest BCUT2D eigenvalue weighted by Gasteiger charge is 2.45. The normalized spacial score (nSPS) is 19.0. The Balaban J connectivity index is 1.77. The SMILES string of the molecule is COC(=O)[C@H]1Oc2c(c(=O)oc3ccccc23)[C@H]1c1cc(OC)c2c(c1)OCO2. The van der Waals surface area contributed by atoms with Crippen molar-refractivity contribution in [1.29, 1.82) is 0 Å². The quantitative estimate of drug-likeness (QED) is 0.493. The van der Waals surface area contributed by atoms with Gasteiger partial charge in [0.05, 0.1) is 31.1 Å². The third-order valence-corrected chi connectivity index (χ3v) is 5.13. The molecule has 2 aliphatic heterocycles. The summed E-state index contributed by atoms with van der Waals surface area (Å²) in [6.45, 7) is 0.0557. The summed E-state index contributed by atoms with van der Waals surface area (Å²) in [5.41, 5.74) is 0.637. The Hall–Kier alpha value is -3.68. The lowest BCUT2D eigenvalue weighted by Gasteiger charge is -2.18. The van der Waals surface area contributed by atoms with E-state index in [-0.39, 0.29) is 12.4 Å². The van der Waals surface area contributed by atoms with Crippen LogP contribution in [0.2, 0.25) is 0 Å². The molecule has 3 aromatic rings. The average molecular weight is 396 g/mol. The predicted molar refractivity (Wildman–Crippen MR) is 99.9 cm³/mol. The van der Waals surface area contributed by atoms with Crippen LogP contribution in [-0.4, -0.2) is 33.1 Å². The lowest BCUT2D eigenvalue weighted by Crippen LogP contribution is -2.31. The Kier molecular flexibility index (Phi) is 3.87. The van der Waals surface area contributed by atoms with Crippen molar-refractivity contribution in [3.05, 3.63) is 57.9 Å². The van der Waals surface area contributed by atoms with E-state index in [1.165, 1.54) is 14.2 Å². The molecule has 2 aliphatic rings. The van der Waals surface area contributed by atoms with Crippen molar-refractivity contribution in [2.45, 2.75) is 12.0 Å². The first-order valence-electron chi connectivity index (χ1n) is 8.90. The molecule has 2 atom stereocenters. The second-order valence-corrected chi connectivity index (χ2v) is 6.62. The molecule has 5 rings (SSSR count). The van der Waals surface area contributed by atoms with Crippen LogP contribution in [0.4, 0.5) is 0 Å². The number of hydrogen-bond donors (Lipinski definition) is 0. The van der Waals surface area contributed by atoms with E-state index in [1.807, 2.05) is 0 Å². The molecular formula is C21H16O8. The number of ether oxygens (including phenoxy) is 5. The summed E-state index contributed by atoms with van der Waals surface area (Å²) in [4.78, 5) is 25.4. The van der Waals surface area contributed by atoms with Gasteiger partial charge in [0.2, 0.25) is 18.6 Å². The molecule has 0 saturated heterocycles. The second-order valence-electron chi connectivity index (χ2n) is 6.62. The molecule has 0 saturated carbocycles. The summed E-state index contributed by atoms with van der Waals surface area (Å²) in [5, 5.41) is 0.603. The monoisotopic (exact) mass is 396 g/mol. The molecule has 8 heteroatoms. The lowest BCUT2D eigenvalue weighted by atomic mass is 9.88. The van der Waals surface area contributed by atoms with Crippen molar-refractivity contribution < 1.29 is 32.9 Å². The fourth-order valence-electron chi connectivity index (χ4n) is 3.85. The zero-order chi connectivity index (χ0) is 20.1. The van der Waals surface area contributed by atoms with Crippen LogP contribution in [0.5, 0.6) is 23.0 Å². The number of esters is 1. The van der Waals surface area contributed by atoms with Gasteiger partial charge in [0, 0.05) is 0 Å². The van der Waals surface area contributed by atoms with Crippen LogP contribution in [0.1, 0.15) is 17.0 Å². The van der Waals surface area contributed by atoms with Crippen LogP contribution >= 0.6 is 0 Å². The Morgan fingerprint density at radius 3 is 2.72 bits per heavy atom. The first-order valence-corrected chi connectivity index (χ1v) is 8.90. The van der Waals surface area contributed by atoms with Crippen molar-refractivity contribution in [3.63, 3.8) is 0 Å². The van der Waals surface area contributed by atoms with Gasteiger partial charge in [-0.2, -0.15) is 0 Å². The zero-order valence-electron chi connectivity index (χ0n) is 15.6. The first kappa shape index (κ1) is 17.4. The third-order valence-electron chi connectivity index (χ3n) is 5.13.